The first-order chi connectivity index (χ1) is 10.3. The number of nitrogens with zero attached hydrogens (tertiary/aromatic N) is 2. The SMILES string of the molecule is C/C(=N\NC(=O)C1CC1c1ccccc1)c1cccnc1. The highest BCUT2D eigenvalue weighted by Gasteiger charge is 2.43. The summed E-state index contributed by atoms with van der Waals surface area (Å²) < 4.78 is 0. The Hall–Kier alpha value is -2.49. The van der Waals surface area contributed by atoms with E-state index in [1.54, 1.807) is 12.4 Å². The summed E-state index contributed by atoms with van der Waals surface area (Å²) >= 11 is 0. The average molecular weight is 279 g/mol. The molecule has 1 aromatic carbocycles. The van der Waals surface area contributed by atoms with E-state index in [1.807, 2.05) is 37.3 Å². The molecule has 4 heteroatoms. The molecule has 2 atom stereocenters. The van der Waals surface area contributed by atoms with Crippen molar-refractivity contribution in [3.8, 4) is 0 Å². The topological polar surface area (TPSA) is 54.4 Å². The standard InChI is InChI=1S/C17H17N3O/c1-12(14-8-5-9-18-11-14)19-20-17(21)16-10-15(16)13-6-3-2-4-7-13/h2-9,11,15-16H,10H2,1H3,(H,20,21)/b19-12+. The Labute approximate surface area is 123 Å². The second kappa shape index (κ2) is 5.87. The third-order valence-electron chi connectivity index (χ3n) is 3.77. The predicted octanol–water partition coefficient (Wildman–Crippen LogP) is 2.73. The van der Waals surface area contributed by atoms with E-state index in [2.05, 4.69) is 27.6 Å². The van der Waals surface area contributed by atoms with Gasteiger partial charge >= 0.3 is 0 Å². The van der Waals surface area contributed by atoms with Crippen molar-refractivity contribution in [3.63, 3.8) is 0 Å². The lowest BCUT2D eigenvalue weighted by atomic mass is 10.1. The number of amides is 1. The largest absolute Gasteiger partial charge is 0.273 e. The molecule has 1 fully saturated rings. The van der Waals surface area contributed by atoms with Gasteiger partial charge in [-0.05, 0) is 30.9 Å². The first kappa shape index (κ1) is 13.5. The van der Waals surface area contributed by atoms with Gasteiger partial charge in [0.25, 0.3) is 0 Å². The molecule has 1 heterocycles. The zero-order valence-electron chi connectivity index (χ0n) is 11.9. The van der Waals surface area contributed by atoms with E-state index in [0.717, 1.165) is 17.7 Å². The molecule has 2 aromatic rings. The number of pyridine rings is 1. The number of carbonyl (C=O) groups excluding carboxylic acids is 1. The van der Waals surface area contributed by atoms with Gasteiger partial charge in [0.15, 0.2) is 0 Å². The molecule has 0 radical (unpaired) electrons. The number of carbonyl (C=O) groups is 1. The van der Waals surface area contributed by atoms with Crippen LogP contribution in [0.25, 0.3) is 0 Å². The molecule has 1 N–H and O–H groups in total. The van der Waals surface area contributed by atoms with E-state index >= 15 is 0 Å². The van der Waals surface area contributed by atoms with Crippen molar-refractivity contribution < 1.29 is 4.79 Å². The highest BCUT2D eigenvalue weighted by Crippen LogP contribution is 2.47. The molecule has 3 rings (SSSR count). The van der Waals surface area contributed by atoms with Gasteiger partial charge in [0.1, 0.15) is 0 Å². The Morgan fingerprint density at radius 3 is 2.76 bits per heavy atom. The van der Waals surface area contributed by atoms with Crippen LogP contribution in [-0.2, 0) is 4.79 Å². The molecule has 1 saturated carbocycles. The summed E-state index contributed by atoms with van der Waals surface area (Å²) in [6.45, 7) is 1.86. The third-order valence-corrected chi connectivity index (χ3v) is 3.77. The van der Waals surface area contributed by atoms with Crippen molar-refractivity contribution in [3.05, 3.63) is 66.0 Å². The Morgan fingerprint density at radius 2 is 2.05 bits per heavy atom. The molecular weight excluding hydrogens is 262 g/mol. The van der Waals surface area contributed by atoms with Crippen LogP contribution in [-0.4, -0.2) is 16.6 Å². The van der Waals surface area contributed by atoms with Gasteiger partial charge in [0.05, 0.1) is 5.71 Å². The highest BCUT2D eigenvalue weighted by molar-refractivity contribution is 5.99. The number of hydrogen-bond acceptors (Lipinski definition) is 3. The Morgan fingerprint density at radius 1 is 1.24 bits per heavy atom. The van der Waals surface area contributed by atoms with Crippen molar-refractivity contribution in [1.82, 2.24) is 10.4 Å². The van der Waals surface area contributed by atoms with Gasteiger partial charge in [0, 0.05) is 23.9 Å². The maximum absolute atomic E-state index is 12.1. The third kappa shape index (κ3) is 3.16. The van der Waals surface area contributed by atoms with E-state index in [9.17, 15) is 4.79 Å². The van der Waals surface area contributed by atoms with Crippen LogP contribution in [0.2, 0.25) is 0 Å². The minimum absolute atomic E-state index is 0.00732. The lowest BCUT2D eigenvalue weighted by Gasteiger charge is -2.02. The molecule has 0 aliphatic heterocycles. The van der Waals surface area contributed by atoms with Gasteiger partial charge < -0.3 is 0 Å². The van der Waals surface area contributed by atoms with Crippen molar-refractivity contribution in [2.75, 3.05) is 0 Å². The van der Waals surface area contributed by atoms with Crippen LogP contribution in [0.4, 0.5) is 0 Å². The number of rotatable bonds is 4. The monoisotopic (exact) mass is 279 g/mol. The van der Waals surface area contributed by atoms with Gasteiger partial charge in [-0.1, -0.05) is 36.4 Å². The highest BCUT2D eigenvalue weighted by atomic mass is 16.2. The fourth-order valence-corrected chi connectivity index (χ4v) is 2.42. The maximum atomic E-state index is 12.1. The smallest absolute Gasteiger partial charge is 0.243 e. The molecule has 1 amide bonds. The number of hydrogen-bond donors (Lipinski definition) is 1. The molecule has 4 nitrogen and oxygen atoms in total. The molecule has 0 saturated heterocycles. The molecule has 0 bridgehead atoms. The van der Waals surface area contributed by atoms with Gasteiger partial charge in [-0.25, -0.2) is 5.43 Å². The molecule has 106 valence electrons. The summed E-state index contributed by atoms with van der Waals surface area (Å²) in [5, 5.41) is 4.16. The van der Waals surface area contributed by atoms with Crippen LogP contribution in [0.15, 0.2) is 60.0 Å². The number of hydrazone groups is 1. The van der Waals surface area contributed by atoms with E-state index < -0.39 is 0 Å². The summed E-state index contributed by atoms with van der Waals surface area (Å²) in [5.41, 5.74) is 5.56. The Kier molecular flexibility index (Phi) is 3.77. The Bertz CT molecular complexity index is 652. The van der Waals surface area contributed by atoms with E-state index in [-0.39, 0.29) is 11.8 Å². The maximum Gasteiger partial charge on any atom is 0.243 e. The number of benzene rings is 1. The van der Waals surface area contributed by atoms with Crippen molar-refractivity contribution in [2.24, 2.45) is 11.0 Å². The summed E-state index contributed by atoms with van der Waals surface area (Å²) in [6, 6.07) is 13.9. The van der Waals surface area contributed by atoms with Crippen molar-refractivity contribution in [1.29, 1.82) is 0 Å². The van der Waals surface area contributed by atoms with Gasteiger partial charge in [0.2, 0.25) is 5.91 Å². The molecule has 21 heavy (non-hydrogen) atoms. The van der Waals surface area contributed by atoms with Crippen molar-refractivity contribution >= 4 is 11.6 Å². The normalized spacial score (nSPS) is 20.9. The fraction of sp³-hybridized carbons (Fsp3) is 0.235. The lowest BCUT2D eigenvalue weighted by molar-refractivity contribution is -0.122. The lowest BCUT2D eigenvalue weighted by Crippen LogP contribution is -2.21. The molecular formula is C17H17N3O. The minimum Gasteiger partial charge on any atom is -0.273 e. The summed E-state index contributed by atoms with van der Waals surface area (Å²) in [5.74, 6) is 0.366. The van der Waals surface area contributed by atoms with E-state index in [4.69, 9.17) is 0 Å². The summed E-state index contributed by atoms with van der Waals surface area (Å²) in [7, 11) is 0. The van der Waals surface area contributed by atoms with Crippen LogP contribution in [0.5, 0.6) is 0 Å². The first-order valence-corrected chi connectivity index (χ1v) is 7.05. The summed E-state index contributed by atoms with van der Waals surface area (Å²) in [6.07, 6.45) is 4.34. The predicted molar refractivity (Wildman–Crippen MR) is 81.9 cm³/mol. The fourth-order valence-electron chi connectivity index (χ4n) is 2.42. The second-order valence-corrected chi connectivity index (χ2v) is 5.27. The molecule has 2 unspecified atom stereocenters. The average Bonchev–Trinajstić information content (AvgIpc) is 3.35. The molecule has 1 aromatic heterocycles. The molecule has 0 spiro atoms. The van der Waals surface area contributed by atoms with E-state index in [1.165, 1.54) is 5.56 Å². The molecule has 1 aliphatic carbocycles. The van der Waals surface area contributed by atoms with Crippen molar-refractivity contribution in [2.45, 2.75) is 19.3 Å². The number of nitrogens with one attached hydrogen (secondary N) is 1. The molecule has 1 aliphatic rings. The minimum atomic E-state index is -0.00732. The van der Waals surface area contributed by atoms with Gasteiger partial charge in [-0.15, -0.1) is 0 Å². The van der Waals surface area contributed by atoms with Crippen LogP contribution >= 0.6 is 0 Å². The van der Waals surface area contributed by atoms with Crippen LogP contribution in [0.3, 0.4) is 0 Å². The number of aromatic nitrogens is 1. The van der Waals surface area contributed by atoms with Crippen LogP contribution < -0.4 is 5.43 Å². The first-order valence-electron chi connectivity index (χ1n) is 7.05. The van der Waals surface area contributed by atoms with Gasteiger partial charge in [-0.2, -0.15) is 5.10 Å². The van der Waals surface area contributed by atoms with E-state index in [0.29, 0.717) is 5.92 Å². The zero-order valence-corrected chi connectivity index (χ0v) is 11.9. The van der Waals surface area contributed by atoms with Gasteiger partial charge in [-0.3, -0.25) is 9.78 Å². The second-order valence-electron chi connectivity index (χ2n) is 5.27. The quantitative estimate of drug-likeness (QED) is 0.691. The van der Waals surface area contributed by atoms with Crippen LogP contribution in [0.1, 0.15) is 30.4 Å². The summed E-state index contributed by atoms with van der Waals surface area (Å²) in [4.78, 5) is 16.1. The Balaban J connectivity index is 1.59. The zero-order chi connectivity index (χ0) is 14.7. The van der Waals surface area contributed by atoms with Crippen LogP contribution in [0, 0.1) is 5.92 Å².